The van der Waals surface area contributed by atoms with Gasteiger partial charge in [-0.3, -0.25) is 4.98 Å². The van der Waals surface area contributed by atoms with Gasteiger partial charge in [0.05, 0.1) is 22.3 Å². The third-order valence-electron chi connectivity index (χ3n) is 4.05. The number of benzene rings is 2. The third kappa shape index (κ3) is 4.13. The van der Waals surface area contributed by atoms with Crippen LogP contribution in [0.15, 0.2) is 71.9 Å². The van der Waals surface area contributed by atoms with E-state index in [0.29, 0.717) is 16.9 Å². The fraction of sp³-hybridized carbons (Fsp3) is 0. The van der Waals surface area contributed by atoms with Gasteiger partial charge in [0.25, 0.3) is 0 Å². The number of nitrogens with two attached hydrogens (primary N) is 1. The van der Waals surface area contributed by atoms with Gasteiger partial charge >= 0.3 is 0 Å². The second kappa shape index (κ2) is 7.41. The molecule has 8 nitrogen and oxygen atoms in total. The van der Waals surface area contributed by atoms with Crippen LogP contribution in [0, 0.1) is 5.82 Å². The lowest BCUT2D eigenvalue weighted by molar-refractivity contribution is 0.598. The van der Waals surface area contributed by atoms with Gasteiger partial charge in [-0.15, -0.1) is 0 Å². The molecule has 0 spiro atoms. The van der Waals surface area contributed by atoms with Gasteiger partial charge in [0.1, 0.15) is 0 Å². The van der Waals surface area contributed by atoms with Crippen LogP contribution in [0.2, 0.25) is 0 Å². The van der Waals surface area contributed by atoms with E-state index in [0.717, 1.165) is 11.6 Å². The van der Waals surface area contributed by atoms with Gasteiger partial charge in [-0.1, -0.05) is 24.3 Å². The van der Waals surface area contributed by atoms with Crippen molar-refractivity contribution in [3.8, 4) is 0 Å². The van der Waals surface area contributed by atoms with Gasteiger partial charge in [0.2, 0.25) is 16.0 Å². The summed E-state index contributed by atoms with van der Waals surface area (Å²) in [4.78, 5) is 12.3. The highest BCUT2D eigenvalue weighted by Gasteiger charge is 2.12. The van der Waals surface area contributed by atoms with E-state index in [-0.39, 0.29) is 16.7 Å². The average Bonchev–Trinajstić information content (AvgIpc) is 2.70. The standard InChI is InChI=1S/C19H15FN6O2S/c20-15-11-23-19(24-13-6-2-7-14(10-13)29(21,27)28)26-18(15)25-16-8-1-4-12-5-3-9-22-17(12)16/h1-11H,(H2,21,27,28)(H2,23,24,25,26). The molecule has 29 heavy (non-hydrogen) atoms. The molecule has 10 heteroatoms. The first-order chi connectivity index (χ1) is 13.9. The molecule has 0 atom stereocenters. The number of aromatic nitrogens is 3. The molecule has 0 aliphatic heterocycles. The van der Waals surface area contributed by atoms with E-state index in [4.69, 9.17) is 5.14 Å². The molecule has 4 N–H and O–H groups in total. The SMILES string of the molecule is NS(=O)(=O)c1cccc(Nc2ncc(F)c(Nc3cccc4cccnc34)n2)c1. The summed E-state index contributed by atoms with van der Waals surface area (Å²) in [5.74, 6) is -0.626. The van der Waals surface area contributed by atoms with Crippen molar-refractivity contribution in [1.82, 2.24) is 15.0 Å². The van der Waals surface area contributed by atoms with Crippen molar-refractivity contribution < 1.29 is 12.8 Å². The number of halogens is 1. The van der Waals surface area contributed by atoms with Crippen molar-refractivity contribution >= 4 is 44.1 Å². The molecule has 146 valence electrons. The predicted molar refractivity (Wildman–Crippen MR) is 108 cm³/mol. The number of fused-ring (bicyclic) bond motifs is 1. The highest BCUT2D eigenvalue weighted by atomic mass is 32.2. The Balaban J connectivity index is 1.65. The summed E-state index contributed by atoms with van der Waals surface area (Å²) in [5, 5.41) is 11.8. The predicted octanol–water partition coefficient (Wildman–Crippen LogP) is 3.30. The van der Waals surface area contributed by atoms with Crippen LogP contribution in [0.1, 0.15) is 0 Å². The van der Waals surface area contributed by atoms with Crippen molar-refractivity contribution in [3.05, 3.63) is 72.8 Å². The minimum Gasteiger partial charge on any atom is -0.336 e. The normalized spacial score (nSPS) is 11.4. The van der Waals surface area contributed by atoms with E-state index >= 15 is 0 Å². The fourth-order valence-electron chi connectivity index (χ4n) is 2.73. The minimum atomic E-state index is -3.85. The van der Waals surface area contributed by atoms with Crippen LogP contribution >= 0.6 is 0 Å². The number of rotatable bonds is 5. The molecule has 0 fully saturated rings. The Morgan fingerprint density at radius 2 is 1.76 bits per heavy atom. The quantitative estimate of drug-likeness (QED) is 0.461. The van der Waals surface area contributed by atoms with E-state index in [1.54, 1.807) is 18.3 Å². The second-order valence-electron chi connectivity index (χ2n) is 6.09. The van der Waals surface area contributed by atoms with Crippen molar-refractivity contribution in [2.75, 3.05) is 10.6 Å². The highest BCUT2D eigenvalue weighted by molar-refractivity contribution is 7.89. The van der Waals surface area contributed by atoms with Crippen molar-refractivity contribution in [3.63, 3.8) is 0 Å². The Labute approximate surface area is 165 Å². The summed E-state index contributed by atoms with van der Waals surface area (Å²) in [6, 6.07) is 15.0. The van der Waals surface area contributed by atoms with Crippen LogP contribution in [0.3, 0.4) is 0 Å². The molecule has 4 rings (SSSR count). The number of primary sulfonamides is 1. The van der Waals surface area contributed by atoms with E-state index < -0.39 is 15.8 Å². The number of nitrogens with one attached hydrogen (secondary N) is 2. The van der Waals surface area contributed by atoms with Gasteiger partial charge in [-0.05, 0) is 30.3 Å². The summed E-state index contributed by atoms with van der Waals surface area (Å²) in [6.45, 7) is 0. The zero-order valence-electron chi connectivity index (χ0n) is 14.9. The van der Waals surface area contributed by atoms with E-state index in [2.05, 4.69) is 25.6 Å². The molecule has 0 saturated heterocycles. The van der Waals surface area contributed by atoms with Crippen LogP contribution in [-0.2, 0) is 10.0 Å². The number of sulfonamides is 1. The molecule has 0 saturated carbocycles. The third-order valence-corrected chi connectivity index (χ3v) is 4.96. The van der Waals surface area contributed by atoms with Crippen LogP contribution in [0.5, 0.6) is 0 Å². The Morgan fingerprint density at radius 1 is 0.966 bits per heavy atom. The van der Waals surface area contributed by atoms with Crippen LogP contribution in [0.4, 0.5) is 27.5 Å². The number of anilines is 4. The van der Waals surface area contributed by atoms with Crippen LogP contribution < -0.4 is 15.8 Å². The van der Waals surface area contributed by atoms with Gasteiger partial charge in [0.15, 0.2) is 11.6 Å². The van der Waals surface area contributed by atoms with Crippen molar-refractivity contribution in [2.24, 2.45) is 5.14 Å². The maximum Gasteiger partial charge on any atom is 0.238 e. The lowest BCUT2D eigenvalue weighted by Crippen LogP contribution is -2.12. The molecule has 2 aromatic carbocycles. The van der Waals surface area contributed by atoms with Crippen molar-refractivity contribution in [1.29, 1.82) is 0 Å². The van der Waals surface area contributed by atoms with Gasteiger partial charge in [-0.25, -0.2) is 22.9 Å². The molecule has 0 bridgehead atoms. The molecule has 0 amide bonds. The van der Waals surface area contributed by atoms with Gasteiger partial charge in [-0.2, -0.15) is 4.98 Å². The zero-order chi connectivity index (χ0) is 20.4. The summed E-state index contributed by atoms with van der Waals surface area (Å²) in [6.07, 6.45) is 2.66. The van der Waals surface area contributed by atoms with Crippen molar-refractivity contribution in [2.45, 2.75) is 4.90 Å². The van der Waals surface area contributed by atoms with E-state index in [1.165, 1.54) is 18.2 Å². The number of hydrogen-bond acceptors (Lipinski definition) is 7. The lowest BCUT2D eigenvalue weighted by atomic mass is 10.2. The molecule has 0 aliphatic carbocycles. The van der Waals surface area contributed by atoms with Gasteiger partial charge in [0, 0.05) is 17.3 Å². The number of pyridine rings is 1. The summed E-state index contributed by atoms with van der Waals surface area (Å²) in [7, 11) is -3.85. The minimum absolute atomic E-state index is 0.0525. The molecule has 2 heterocycles. The summed E-state index contributed by atoms with van der Waals surface area (Å²) in [5.41, 5.74) is 1.65. The smallest absolute Gasteiger partial charge is 0.238 e. The molecule has 2 aromatic heterocycles. The average molecular weight is 410 g/mol. The summed E-state index contributed by atoms with van der Waals surface area (Å²) >= 11 is 0. The Kier molecular flexibility index (Phi) is 4.79. The van der Waals surface area contributed by atoms with E-state index in [1.807, 2.05) is 24.3 Å². The highest BCUT2D eigenvalue weighted by Crippen LogP contribution is 2.26. The molecule has 0 unspecified atom stereocenters. The molecule has 0 aliphatic rings. The maximum atomic E-state index is 14.3. The first-order valence-electron chi connectivity index (χ1n) is 8.43. The zero-order valence-corrected chi connectivity index (χ0v) is 15.7. The van der Waals surface area contributed by atoms with Crippen LogP contribution in [0.25, 0.3) is 10.9 Å². The van der Waals surface area contributed by atoms with Gasteiger partial charge < -0.3 is 10.6 Å². The lowest BCUT2D eigenvalue weighted by Gasteiger charge is -2.11. The first-order valence-corrected chi connectivity index (χ1v) is 9.98. The Bertz CT molecular complexity index is 1310. The molecular formula is C19H15FN6O2S. The van der Waals surface area contributed by atoms with E-state index in [9.17, 15) is 12.8 Å². The first kappa shape index (κ1) is 18.7. The Morgan fingerprint density at radius 3 is 2.59 bits per heavy atom. The van der Waals surface area contributed by atoms with Crippen LogP contribution in [-0.4, -0.2) is 23.4 Å². The summed E-state index contributed by atoms with van der Waals surface area (Å²) < 4.78 is 37.3. The Hall–Kier alpha value is -3.63. The second-order valence-corrected chi connectivity index (χ2v) is 7.66. The molecule has 0 radical (unpaired) electrons. The fourth-order valence-corrected chi connectivity index (χ4v) is 3.29. The molecular weight excluding hydrogens is 395 g/mol. The largest absolute Gasteiger partial charge is 0.336 e. The number of hydrogen-bond donors (Lipinski definition) is 3. The monoisotopic (exact) mass is 410 g/mol. The number of para-hydroxylation sites is 1. The number of nitrogens with zero attached hydrogens (tertiary/aromatic N) is 3. The maximum absolute atomic E-state index is 14.3. The molecule has 4 aromatic rings. The topological polar surface area (TPSA) is 123 Å².